The summed E-state index contributed by atoms with van der Waals surface area (Å²) in [6.45, 7) is 2.42. The van der Waals surface area contributed by atoms with Gasteiger partial charge in [0.2, 0.25) is 0 Å². The van der Waals surface area contributed by atoms with E-state index in [9.17, 15) is 20.0 Å². The molecule has 0 fully saturated rings. The van der Waals surface area contributed by atoms with E-state index in [-0.39, 0.29) is 17.8 Å². The molecule has 0 saturated heterocycles. The Balaban J connectivity index is 1.61. The molecule has 0 saturated carbocycles. The van der Waals surface area contributed by atoms with Crippen molar-refractivity contribution in [2.24, 2.45) is 0 Å². The van der Waals surface area contributed by atoms with Gasteiger partial charge < -0.3 is 15.7 Å². The highest BCUT2D eigenvalue weighted by atomic mass is 16.6. The van der Waals surface area contributed by atoms with Crippen molar-refractivity contribution in [3.63, 3.8) is 0 Å². The van der Waals surface area contributed by atoms with E-state index in [4.69, 9.17) is 0 Å². The van der Waals surface area contributed by atoms with Crippen molar-refractivity contribution in [3.8, 4) is 0 Å². The smallest absolute Gasteiger partial charge is 0.270 e. The molecule has 0 radical (unpaired) electrons. The maximum absolute atomic E-state index is 12.0. The predicted octanol–water partition coefficient (Wildman–Crippen LogP) is 1.79. The molecule has 1 heterocycles. The van der Waals surface area contributed by atoms with Gasteiger partial charge >= 0.3 is 0 Å². The number of rotatable bonds is 7. The molecule has 0 spiro atoms. The molecule has 1 amide bonds. The second-order valence-electron chi connectivity index (χ2n) is 6.85. The SMILES string of the molecule is CNC(=O)c1cc([N+](=O)[O-])ccc1NCC(O)CN1CCc2ccccc2C1. The first kappa shape index (κ1) is 19.8. The van der Waals surface area contributed by atoms with Gasteiger partial charge in [-0.15, -0.1) is 0 Å². The highest BCUT2D eigenvalue weighted by Gasteiger charge is 2.20. The first-order valence-corrected chi connectivity index (χ1v) is 9.19. The Morgan fingerprint density at radius 3 is 2.75 bits per heavy atom. The summed E-state index contributed by atoms with van der Waals surface area (Å²) in [5, 5.41) is 26.9. The lowest BCUT2D eigenvalue weighted by Crippen LogP contribution is -2.39. The summed E-state index contributed by atoms with van der Waals surface area (Å²) < 4.78 is 0. The number of hydrogen-bond donors (Lipinski definition) is 3. The number of carbonyl (C=O) groups is 1. The summed E-state index contributed by atoms with van der Waals surface area (Å²) in [4.78, 5) is 24.7. The molecule has 3 rings (SSSR count). The second kappa shape index (κ2) is 8.81. The fourth-order valence-electron chi connectivity index (χ4n) is 3.42. The first-order chi connectivity index (χ1) is 13.5. The molecule has 148 valence electrons. The molecule has 1 unspecified atom stereocenters. The van der Waals surface area contributed by atoms with Gasteiger partial charge in [0.05, 0.1) is 16.6 Å². The normalized spacial score (nSPS) is 14.8. The quantitative estimate of drug-likeness (QED) is 0.496. The van der Waals surface area contributed by atoms with E-state index in [0.29, 0.717) is 12.2 Å². The van der Waals surface area contributed by atoms with Gasteiger partial charge in [-0.25, -0.2) is 0 Å². The number of aliphatic hydroxyl groups is 1. The molecule has 8 heteroatoms. The number of fused-ring (bicyclic) bond motifs is 1. The van der Waals surface area contributed by atoms with Crippen molar-refractivity contribution >= 4 is 17.3 Å². The van der Waals surface area contributed by atoms with Crippen LogP contribution in [-0.4, -0.2) is 53.6 Å². The lowest BCUT2D eigenvalue weighted by molar-refractivity contribution is -0.384. The topological polar surface area (TPSA) is 108 Å². The minimum atomic E-state index is -0.641. The highest BCUT2D eigenvalue weighted by Crippen LogP contribution is 2.23. The Morgan fingerprint density at radius 1 is 1.29 bits per heavy atom. The molecule has 2 aromatic carbocycles. The number of amides is 1. The maximum atomic E-state index is 12.0. The molecule has 3 N–H and O–H groups in total. The van der Waals surface area contributed by atoms with E-state index in [1.807, 2.05) is 12.1 Å². The standard InChI is InChI=1S/C20H24N4O4/c1-21-20(26)18-10-16(24(27)28)6-7-19(18)22-11-17(25)13-23-9-8-14-4-2-3-5-15(14)12-23/h2-7,10,17,22,25H,8-9,11-13H2,1H3,(H,21,26). The average Bonchev–Trinajstić information content (AvgIpc) is 2.71. The fourth-order valence-corrected chi connectivity index (χ4v) is 3.42. The number of anilines is 1. The Kier molecular flexibility index (Phi) is 6.23. The summed E-state index contributed by atoms with van der Waals surface area (Å²) in [5.41, 5.74) is 3.11. The Hall–Kier alpha value is -2.97. The average molecular weight is 384 g/mol. The van der Waals surface area contributed by atoms with Gasteiger partial charge in [-0.05, 0) is 23.6 Å². The van der Waals surface area contributed by atoms with E-state index in [2.05, 4.69) is 27.7 Å². The van der Waals surface area contributed by atoms with Crippen LogP contribution in [0.15, 0.2) is 42.5 Å². The minimum absolute atomic E-state index is 0.156. The number of aliphatic hydroxyl groups excluding tert-OH is 1. The zero-order valence-corrected chi connectivity index (χ0v) is 15.7. The number of nitrogens with one attached hydrogen (secondary N) is 2. The molecule has 2 aromatic rings. The van der Waals surface area contributed by atoms with Crippen molar-refractivity contribution in [2.45, 2.75) is 19.1 Å². The monoisotopic (exact) mass is 384 g/mol. The van der Waals surface area contributed by atoms with Crippen molar-refractivity contribution in [3.05, 3.63) is 69.3 Å². The van der Waals surface area contributed by atoms with E-state index in [1.54, 1.807) is 0 Å². The molecule has 1 aliphatic rings. The Labute approximate surface area is 163 Å². The van der Waals surface area contributed by atoms with Gasteiger partial charge in [-0.2, -0.15) is 0 Å². The lowest BCUT2D eigenvalue weighted by atomic mass is 10.00. The molecule has 1 aliphatic heterocycles. The third-order valence-electron chi connectivity index (χ3n) is 4.89. The van der Waals surface area contributed by atoms with Gasteiger partial charge in [-0.1, -0.05) is 24.3 Å². The first-order valence-electron chi connectivity index (χ1n) is 9.19. The number of β-amino-alcohol motifs (C(OH)–C–C–N with tert-alkyl or cyclic N) is 1. The zero-order valence-electron chi connectivity index (χ0n) is 15.7. The molecule has 0 aliphatic carbocycles. The zero-order chi connectivity index (χ0) is 20.1. The van der Waals surface area contributed by atoms with Crippen molar-refractivity contribution < 1.29 is 14.8 Å². The number of non-ortho nitro benzene ring substituents is 1. The van der Waals surface area contributed by atoms with Gasteiger partial charge in [0.1, 0.15) is 0 Å². The molecular weight excluding hydrogens is 360 g/mol. The van der Waals surface area contributed by atoms with Crippen LogP contribution in [0.4, 0.5) is 11.4 Å². The number of nitro benzene ring substituents is 1. The lowest BCUT2D eigenvalue weighted by Gasteiger charge is -2.30. The number of nitrogens with zero attached hydrogens (tertiary/aromatic N) is 2. The fraction of sp³-hybridized carbons (Fsp3) is 0.350. The molecular formula is C20H24N4O4. The second-order valence-corrected chi connectivity index (χ2v) is 6.85. The Morgan fingerprint density at radius 2 is 2.04 bits per heavy atom. The summed E-state index contributed by atoms with van der Waals surface area (Å²) in [6, 6.07) is 12.4. The Bertz CT molecular complexity index is 871. The van der Waals surface area contributed by atoms with Crippen LogP contribution in [0, 0.1) is 10.1 Å². The summed E-state index contributed by atoms with van der Waals surface area (Å²) in [6.07, 6.45) is 0.317. The minimum Gasteiger partial charge on any atom is -0.390 e. The van der Waals surface area contributed by atoms with Crippen molar-refractivity contribution in [1.82, 2.24) is 10.2 Å². The number of hydrogen-bond acceptors (Lipinski definition) is 6. The van der Waals surface area contributed by atoms with Crippen LogP contribution in [0.1, 0.15) is 21.5 Å². The molecule has 28 heavy (non-hydrogen) atoms. The molecule has 1 atom stereocenters. The maximum Gasteiger partial charge on any atom is 0.270 e. The third kappa shape index (κ3) is 4.65. The van der Waals surface area contributed by atoms with Crippen LogP contribution in [0.5, 0.6) is 0 Å². The van der Waals surface area contributed by atoms with E-state index in [1.165, 1.54) is 36.4 Å². The van der Waals surface area contributed by atoms with E-state index < -0.39 is 16.9 Å². The summed E-state index contributed by atoms with van der Waals surface area (Å²) >= 11 is 0. The predicted molar refractivity (Wildman–Crippen MR) is 106 cm³/mol. The van der Waals surface area contributed by atoms with Gasteiger partial charge in [0.15, 0.2) is 0 Å². The van der Waals surface area contributed by atoms with Crippen LogP contribution in [0.3, 0.4) is 0 Å². The van der Waals surface area contributed by atoms with Gasteiger partial charge in [0.25, 0.3) is 11.6 Å². The van der Waals surface area contributed by atoms with Crippen LogP contribution >= 0.6 is 0 Å². The molecule has 0 aromatic heterocycles. The number of carbonyl (C=O) groups excluding carboxylic acids is 1. The largest absolute Gasteiger partial charge is 0.390 e. The van der Waals surface area contributed by atoms with Crippen LogP contribution in [0.2, 0.25) is 0 Å². The van der Waals surface area contributed by atoms with Gasteiger partial charge in [-0.3, -0.25) is 19.8 Å². The number of nitro groups is 1. The summed E-state index contributed by atoms with van der Waals surface area (Å²) in [7, 11) is 1.47. The molecule has 8 nitrogen and oxygen atoms in total. The highest BCUT2D eigenvalue weighted by molar-refractivity contribution is 6.00. The van der Waals surface area contributed by atoms with Gasteiger partial charge in [0, 0.05) is 51.0 Å². The van der Waals surface area contributed by atoms with E-state index >= 15 is 0 Å². The van der Waals surface area contributed by atoms with E-state index in [0.717, 1.165) is 19.5 Å². The van der Waals surface area contributed by atoms with Crippen molar-refractivity contribution in [1.29, 1.82) is 0 Å². The number of benzene rings is 2. The molecule has 0 bridgehead atoms. The summed E-state index contributed by atoms with van der Waals surface area (Å²) in [5.74, 6) is -0.423. The van der Waals surface area contributed by atoms with Crippen LogP contribution in [-0.2, 0) is 13.0 Å². The third-order valence-corrected chi connectivity index (χ3v) is 4.89. The van der Waals surface area contributed by atoms with Crippen molar-refractivity contribution in [2.75, 3.05) is 32.0 Å². The van der Waals surface area contributed by atoms with Crippen LogP contribution < -0.4 is 10.6 Å². The van der Waals surface area contributed by atoms with Crippen LogP contribution in [0.25, 0.3) is 0 Å².